The second kappa shape index (κ2) is 10.8. The Kier molecular flexibility index (Phi) is 7.80. The van der Waals surface area contributed by atoms with E-state index < -0.39 is 5.60 Å². The largest absolute Gasteiger partial charge is 0.444 e. The minimum absolute atomic E-state index is 0.237. The molecule has 6 nitrogen and oxygen atoms in total. The number of primary amides is 1. The van der Waals surface area contributed by atoms with Gasteiger partial charge in [0.2, 0.25) is 5.91 Å². The first kappa shape index (κ1) is 25.2. The molecule has 4 rings (SSSR count). The predicted octanol–water partition coefficient (Wildman–Crippen LogP) is 4.98. The Hall–Kier alpha value is -2.86. The molecule has 0 unspecified atom stereocenters. The molecule has 2 aliphatic heterocycles. The predicted molar refractivity (Wildman–Crippen MR) is 138 cm³/mol. The first-order valence-electron chi connectivity index (χ1n) is 12.9. The topological polar surface area (TPSA) is 75.9 Å². The smallest absolute Gasteiger partial charge is 0.410 e. The summed E-state index contributed by atoms with van der Waals surface area (Å²) in [7, 11) is 0. The third kappa shape index (κ3) is 6.63. The van der Waals surface area contributed by atoms with E-state index in [4.69, 9.17) is 10.5 Å². The molecule has 2 N–H and O–H groups in total. The molecule has 35 heavy (non-hydrogen) atoms. The van der Waals surface area contributed by atoms with Crippen LogP contribution in [-0.4, -0.2) is 59.1 Å². The number of fused-ring (bicyclic) bond motifs is 2. The maximum atomic E-state index is 13.0. The second-order valence-corrected chi connectivity index (χ2v) is 11.0. The molecular weight excluding hydrogens is 438 g/mol. The van der Waals surface area contributed by atoms with Crippen molar-refractivity contribution in [1.82, 2.24) is 9.80 Å². The van der Waals surface area contributed by atoms with Crippen LogP contribution < -0.4 is 5.73 Å². The third-order valence-corrected chi connectivity index (χ3v) is 7.32. The monoisotopic (exact) mass is 477 g/mol. The van der Waals surface area contributed by atoms with Crippen molar-refractivity contribution in [3.63, 3.8) is 0 Å². The average Bonchev–Trinajstić information content (AvgIpc) is 3.05. The molecule has 6 heteroatoms. The van der Waals surface area contributed by atoms with Gasteiger partial charge >= 0.3 is 6.09 Å². The van der Waals surface area contributed by atoms with Crippen molar-refractivity contribution in [2.75, 3.05) is 19.6 Å². The first-order valence-corrected chi connectivity index (χ1v) is 12.9. The standard InChI is InChI=1S/C29H39N3O3/c1-29(2,3)35-28(34)31(15-14-21-8-5-4-6-9-21)16-17-32-25-12-13-26(32)20-24(19-25)22-10-7-11-23(18-22)27(30)33/h4-11,18,24-26H,12-17,19-20H2,1-3H3,(H2,30,33)/t24-,25+,26-. The fourth-order valence-electron chi connectivity index (χ4n) is 5.62. The lowest BCUT2D eigenvalue weighted by molar-refractivity contribution is 0.0206. The van der Waals surface area contributed by atoms with Crippen LogP contribution in [0.25, 0.3) is 0 Å². The van der Waals surface area contributed by atoms with E-state index in [9.17, 15) is 9.59 Å². The molecule has 2 aromatic rings. The van der Waals surface area contributed by atoms with Gasteiger partial charge in [-0.3, -0.25) is 9.69 Å². The number of rotatable bonds is 8. The summed E-state index contributed by atoms with van der Waals surface area (Å²) >= 11 is 0. The molecule has 2 fully saturated rings. The Labute approximate surface area is 209 Å². The van der Waals surface area contributed by atoms with Gasteiger partial charge in [-0.15, -0.1) is 0 Å². The van der Waals surface area contributed by atoms with Crippen LogP contribution in [0.1, 0.15) is 73.9 Å². The van der Waals surface area contributed by atoms with Crippen molar-refractivity contribution >= 4 is 12.0 Å². The molecule has 2 saturated heterocycles. The van der Waals surface area contributed by atoms with Gasteiger partial charge in [0.1, 0.15) is 5.60 Å². The van der Waals surface area contributed by atoms with Crippen LogP contribution >= 0.6 is 0 Å². The van der Waals surface area contributed by atoms with Crippen LogP contribution in [0.3, 0.4) is 0 Å². The Balaban J connectivity index is 1.39. The molecule has 0 saturated carbocycles. The number of amides is 2. The van der Waals surface area contributed by atoms with Gasteiger partial charge in [-0.25, -0.2) is 4.79 Å². The zero-order valence-electron chi connectivity index (χ0n) is 21.3. The maximum Gasteiger partial charge on any atom is 0.410 e. The summed E-state index contributed by atoms with van der Waals surface area (Å²) in [6.07, 6.45) is 5.11. The van der Waals surface area contributed by atoms with E-state index in [0.717, 1.165) is 25.8 Å². The Morgan fingerprint density at radius 2 is 1.69 bits per heavy atom. The van der Waals surface area contributed by atoms with Crippen LogP contribution in [0.2, 0.25) is 0 Å². The van der Waals surface area contributed by atoms with Gasteiger partial charge in [-0.1, -0.05) is 42.5 Å². The van der Waals surface area contributed by atoms with Gasteiger partial charge in [0, 0.05) is 37.3 Å². The molecule has 2 amide bonds. The Bertz CT molecular complexity index is 1000. The van der Waals surface area contributed by atoms with Crippen molar-refractivity contribution in [2.45, 2.75) is 76.5 Å². The highest BCUT2D eigenvalue weighted by Crippen LogP contribution is 2.43. The molecule has 3 atom stereocenters. The van der Waals surface area contributed by atoms with Gasteiger partial charge < -0.3 is 15.4 Å². The Morgan fingerprint density at radius 1 is 1.00 bits per heavy atom. The number of benzene rings is 2. The number of piperidine rings is 1. The summed E-state index contributed by atoms with van der Waals surface area (Å²) in [5.74, 6) is 0.0769. The lowest BCUT2D eigenvalue weighted by Crippen LogP contribution is -2.48. The number of carbonyl (C=O) groups is 2. The molecule has 2 heterocycles. The van der Waals surface area contributed by atoms with Crippen LogP contribution in [0.15, 0.2) is 54.6 Å². The highest BCUT2D eigenvalue weighted by Gasteiger charge is 2.41. The molecule has 2 aromatic carbocycles. The van der Waals surface area contributed by atoms with Crippen LogP contribution in [0.5, 0.6) is 0 Å². The van der Waals surface area contributed by atoms with E-state index in [1.165, 1.54) is 24.0 Å². The van der Waals surface area contributed by atoms with Gasteiger partial charge in [0.25, 0.3) is 0 Å². The highest BCUT2D eigenvalue weighted by molar-refractivity contribution is 5.92. The zero-order valence-corrected chi connectivity index (χ0v) is 21.3. The van der Waals surface area contributed by atoms with Crippen molar-refractivity contribution < 1.29 is 14.3 Å². The van der Waals surface area contributed by atoms with E-state index >= 15 is 0 Å². The number of hydrogen-bond acceptors (Lipinski definition) is 4. The summed E-state index contributed by atoms with van der Waals surface area (Å²) < 4.78 is 5.73. The van der Waals surface area contributed by atoms with Crippen LogP contribution in [0, 0.1) is 0 Å². The molecule has 0 aromatic heterocycles. The number of nitrogens with zero attached hydrogens (tertiary/aromatic N) is 2. The molecular formula is C29H39N3O3. The van der Waals surface area contributed by atoms with Crippen LogP contribution in [-0.2, 0) is 11.2 Å². The quantitative estimate of drug-likeness (QED) is 0.582. The number of ether oxygens (including phenoxy) is 1. The van der Waals surface area contributed by atoms with E-state index in [1.54, 1.807) is 6.07 Å². The van der Waals surface area contributed by atoms with Gasteiger partial charge in [0.05, 0.1) is 0 Å². The number of hydrogen-bond donors (Lipinski definition) is 1. The minimum atomic E-state index is -0.515. The number of nitrogens with two attached hydrogens (primary N) is 1. The van der Waals surface area contributed by atoms with Gasteiger partial charge in [-0.2, -0.15) is 0 Å². The molecule has 0 spiro atoms. The molecule has 0 aliphatic carbocycles. The Morgan fingerprint density at radius 3 is 2.31 bits per heavy atom. The van der Waals surface area contributed by atoms with E-state index in [1.807, 2.05) is 56.0 Å². The van der Waals surface area contributed by atoms with E-state index in [0.29, 0.717) is 36.7 Å². The summed E-state index contributed by atoms with van der Waals surface area (Å²) in [6.45, 7) is 7.91. The first-order chi connectivity index (χ1) is 16.7. The SMILES string of the molecule is CC(C)(C)OC(=O)N(CCc1ccccc1)CCN1[C@@H]2CC[C@H]1C[C@@H](c1cccc(C(N)=O)c1)C2. The lowest BCUT2D eigenvalue weighted by Gasteiger charge is -2.40. The fourth-order valence-corrected chi connectivity index (χ4v) is 5.62. The summed E-state index contributed by atoms with van der Waals surface area (Å²) in [5, 5.41) is 0. The van der Waals surface area contributed by atoms with Crippen LogP contribution in [0.4, 0.5) is 4.79 Å². The molecule has 2 bridgehead atoms. The van der Waals surface area contributed by atoms with Gasteiger partial charge in [-0.05, 0) is 82.1 Å². The zero-order chi connectivity index (χ0) is 25.0. The molecule has 2 aliphatic rings. The summed E-state index contributed by atoms with van der Waals surface area (Å²) in [5.41, 5.74) is 8.02. The van der Waals surface area contributed by atoms with Crippen molar-refractivity contribution in [1.29, 1.82) is 0 Å². The highest BCUT2D eigenvalue weighted by atomic mass is 16.6. The normalized spacial score (nSPS) is 22.1. The number of carbonyl (C=O) groups excluding carboxylic acids is 2. The van der Waals surface area contributed by atoms with Crippen molar-refractivity contribution in [3.05, 3.63) is 71.3 Å². The lowest BCUT2D eigenvalue weighted by atomic mass is 9.84. The van der Waals surface area contributed by atoms with E-state index in [-0.39, 0.29) is 12.0 Å². The van der Waals surface area contributed by atoms with Crippen molar-refractivity contribution in [3.8, 4) is 0 Å². The summed E-state index contributed by atoms with van der Waals surface area (Å²) in [4.78, 5) is 29.1. The maximum absolute atomic E-state index is 13.0. The minimum Gasteiger partial charge on any atom is -0.444 e. The summed E-state index contributed by atoms with van der Waals surface area (Å²) in [6, 6.07) is 19.1. The second-order valence-electron chi connectivity index (χ2n) is 11.0. The van der Waals surface area contributed by atoms with Gasteiger partial charge in [0.15, 0.2) is 0 Å². The van der Waals surface area contributed by atoms with Crippen molar-refractivity contribution in [2.24, 2.45) is 5.73 Å². The third-order valence-electron chi connectivity index (χ3n) is 7.32. The van der Waals surface area contributed by atoms with E-state index in [2.05, 4.69) is 23.1 Å². The average molecular weight is 478 g/mol. The fraction of sp³-hybridized carbons (Fsp3) is 0.517. The molecule has 0 radical (unpaired) electrons. The molecule has 188 valence electrons.